The van der Waals surface area contributed by atoms with Crippen LogP contribution in [0.25, 0.3) is 16.3 Å². The number of allylic oxidation sites excluding steroid dienone is 1. The molecule has 1 fully saturated rings. The summed E-state index contributed by atoms with van der Waals surface area (Å²) in [5, 5.41) is 12.1. The van der Waals surface area contributed by atoms with Gasteiger partial charge in [-0.05, 0) is 85.1 Å². The van der Waals surface area contributed by atoms with E-state index in [9.17, 15) is 9.59 Å². The minimum Gasteiger partial charge on any atom is -0.301 e. The van der Waals surface area contributed by atoms with Crippen LogP contribution >= 0.6 is 45.8 Å². The molecule has 38 heavy (non-hydrogen) atoms. The van der Waals surface area contributed by atoms with Gasteiger partial charge in [0.1, 0.15) is 4.83 Å². The lowest BCUT2D eigenvalue weighted by atomic mass is 9.79. The molecule has 5 heterocycles. The predicted molar refractivity (Wildman–Crippen MR) is 159 cm³/mol. The zero-order valence-electron chi connectivity index (χ0n) is 20.6. The van der Waals surface area contributed by atoms with Gasteiger partial charge in [-0.2, -0.15) is 5.10 Å². The van der Waals surface area contributed by atoms with Gasteiger partial charge in [-0.1, -0.05) is 23.9 Å². The van der Waals surface area contributed by atoms with Gasteiger partial charge in [0.25, 0.3) is 11.5 Å². The highest BCUT2D eigenvalue weighted by Gasteiger charge is 2.44. The lowest BCUT2D eigenvalue weighted by Gasteiger charge is -2.28. The van der Waals surface area contributed by atoms with Crippen LogP contribution in [0.4, 0.5) is 0 Å². The fraction of sp³-hybridized carbons (Fsp3) is 0.357. The summed E-state index contributed by atoms with van der Waals surface area (Å²) in [7, 11) is 0. The number of aryl methyl sites for hydroxylation is 2. The molecule has 0 saturated heterocycles. The summed E-state index contributed by atoms with van der Waals surface area (Å²) in [4.78, 5) is 38.8. The quantitative estimate of drug-likeness (QED) is 0.206. The molecule has 1 aliphatic heterocycles. The van der Waals surface area contributed by atoms with Crippen molar-refractivity contribution < 1.29 is 4.79 Å². The van der Waals surface area contributed by atoms with Crippen LogP contribution in [-0.4, -0.2) is 32.3 Å². The van der Waals surface area contributed by atoms with Gasteiger partial charge in [-0.3, -0.25) is 9.59 Å². The molecule has 1 N–H and O–H groups in total. The van der Waals surface area contributed by atoms with Crippen molar-refractivity contribution in [2.24, 2.45) is 11.0 Å². The van der Waals surface area contributed by atoms with E-state index in [1.165, 1.54) is 44.0 Å². The van der Waals surface area contributed by atoms with Gasteiger partial charge in [0, 0.05) is 20.5 Å². The van der Waals surface area contributed by atoms with Crippen molar-refractivity contribution in [1.82, 2.24) is 15.0 Å². The normalized spacial score (nSPS) is 22.1. The molecular weight excluding hydrogens is 553 g/mol. The Morgan fingerprint density at radius 1 is 1.13 bits per heavy atom. The maximum atomic E-state index is 13.7. The van der Waals surface area contributed by atoms with Crippen molar-refractivity contribution in [2.45, 2.75) is 56.1 Å². The van der Waals surface area contributed by atoms with E-state index < -0.39 is 0 Å². The van der Waals surface area contributed by atoms with Crippen molar-refractivity contribution in [3.63, 3.8) is 0 Å². The molecule has 0 aromatic carbocycles. The second kappa shape index (κ2) is 10.2. The number of hydrazone groups is 1. The molecule has 0 spiro atoms. The van der Waals surface area contributed by atoms with Gasteiger partial charge >= 0.3 is 0 Å². The van der Waals surface area contributed by atoms with E-state index in [2.05, 4.69) is 40.0 Å². The lowest BCUT2D eigenvalue weighted by Crippen LogP contribution is -2.32. The van der Waals surface area contributed by atoms with Crippen molar-refractivity contribution in [3.8, 4) is 0 Å². The number of aromatic nitrogens is 2. The number of amides is 1. The molecule has 1 saturated carbocycles. The highest BCUT2D eigenvalue weighted by molar-refractivity contribution is 7.99. The van der Waals surface area contributed by atoms with Gasteiger partial charge in [-0.15, -0.1) is 34.0 Å². The van der Waals surface area contributed by atoms with Crippen LogP contribution in [0.1, 0.15) is 58.3 Å². The zero-order valence-corrected chi connectivity index (χ0v) is 23.9. The highest BCUT2D eigenvalue weighted by Crippen LogP contribution is 2.46. The summed E-state index contributed by atoms with van der Waals surface area (Å²) in [5.74, 6) is 0.322. The number of fused-ring (bicyclic) bond motifs is 4. The van der Waals surface area contributed by atoms with Gasteiger partial charge < -0.3 is 4.98 Å². The number of carbonyl (C=O) groups is 1. The third kappa shape index (κ3) is 4.41. The van der Waals surface area contributed by atoms with Gasteiger partial charge in [-0.25, -0.2) is 9.99 Å². The van der Waals surface area contributed by atoms with E-state index in [1.807, 2.05) is 6.07 Å². The Morgan fingerprint density at radius 3 is 2.84 bits per heavy atom. The van der Waals surface area contributed by atoms with Crippen LogP contribution in [-0.2, 0) is 17.6 Å². The van der Waals surface area contributed by atoms with Gasteiger partial charge in [0.15, 0.2) is 5.16 Å². The second-order valence-corrected chi connectivity index (χ2v) is 13.9. The summed E-state index contributed by atoms with van der Waals surface area (Å²) in [6.45, 7) is 0. The Morgan fingerprint density at radius 2 is 2.00 bits per heavy atom. The van der Waals surface area contributed by atoms with Crippen molar-refractivity contribution in [3.05, 3.63) is 71.1 Å². The molecule has 0 unspecified atom stereocenters. The molecule has 1 amide bonds. The average molecular weight is 579 g/mol. The van der Waals surface area contributed by atoms with E-state index in [4.69, 9.17) is 10.1 Å². The maximum Gasteiger partial charge on any atom is 0.260 e. The molecule has 2 atom stereocenters. The van der Waals surface area contributed by atoms with Crippen LogP contribution in [0.3, 0.4) is 0 Å². The van der Waals surface area contributed by atoms with Crippen LogP contribution < -0.4 is 5.56 Å². The monoisotopic (exact) mass is 578 g/mol. The van der Waals surface area contributed by atoms with Crippen molar-refractivity contribution in [2.75, 3.05) is 5.75 Å². The molecule has 0 radical (unpaired) electrons. The van der Waals surface area contributed by atoms with E-state index in [-0.39, 0.29) is 29.2 Å². The first-order valence-corrected chi connectivity index (χ1v) is 16.6. The maximum absolute atomic E-state index is 13.7. The number of thiophene rings is 3. The third-order valence-electron chi connectivity index (χ3n) is 7.59. The summed E-state index contributed by atoms with van der Waals surface area (Å²) in [6.07, 6.45) is 9.62. The van der Waals surface area contributed by atoms with E-state index in [1.54, 1.807) is 39.0 Å². The predicted octanol–water partition coefficient (Wildman–Crippen LogP) is 6.90. The number of nitrogens with one attached hydrogen (secondary N) is 1. The molecule has 194 valence electrons. The van der Waals surface area contributed by atoms with Gasteiger partial charge in [0.05, 0.1) is 22.9 Å². The molecule has 6 nitrogen and oxygen atoms in total. The molecular formula is C28H26N4O2S4. The van der Waals surface area contributed by atoms with Crippen molar-refractivity contribution in [1.29, 1.82) is 0 Å². The number of H-pyrrole nitrogens is 1. The number of carbonyl (C=O) groups excluding carboxylic acids is 1. The topological polar surface area (TPSA) is 78.4 Å². The van der Waals surface area contributed by atoms with Gasteiger partial charge in [0.2, 0.25) is 0 Å². The van der Waals surface area contributed by atoms with Crippen molar-refractivity contribution >= 4 is 73.7 Å². The zero-order chi connectivity index (χ0) is 25.6. The fourth-order valence-electron chi connectivity index (χ4n) is 5.90. The molecule has 3 aliphatic rings. The lowest BCUT2D eigenvalue weighted by molar-refractivity contribution is -0.130. The Labute approximate surface area is 236 Å². The summed E-state index contributed by atoms with van der Waals surface area (Å²) in [5.41, 5.74) is 3.39. The Kier molecular flexibility index (Phi) is 6.59. The number of hydrogen-bond donors (Lipinski definition) is 1. The van der Waals surface area contributed by atoms with Crippen LogP contribution in [0, 0.1) is 5.92 Å². The molecule has 2 aliphatic carbocycles. The van der Waals surface area contributed by atoms with E-state index >= 15 is 0 Å². The number of aromatic amines is 1. The summed E-state index contributed by atoms with van der Waals surface area (Å²) in [6, 6.07) is 8.27. The minimum absolute atomic E-state index is 0.0565. The molecule has 4 aromatic heterocycles. The largest absolute Gasteiger partial charge is 0.301 e. The molecule has 0 bridgehead atoms. The molecule has 10 heteroatoms. The van der Waals surface area contributed by atoms with E-state index in [0.29, 0.717) is 5.16 Å². The minimum atomic E-state index is -0.0865. The number of hydrogen-bond acceptors (Lipinski definition) is 8. The first-order valence-electron chi connectivity index (χ1n) is 13.0. The van der Waals surface area contributed by atoms with Crippen LogP contribution in [0.15, 0.2) is 55.7 Å². The standard InChI is InChI=1S/C28H26N4O2S4/c33-22(15-37-28-29-26(34)23-18-8-1-2-10-20(18)38-27(23)30-28)32-25(21-11-5-13-36-21)19-9-3-6-16(24(19)31-32)14-17-7-4-12-35-17/h4-5,7,11-14,19,25H,1-3,6,8-10,15H2,(H,29,30,34)/b16-14-/t19-,25+/m1/s1. The third-order valence-corrected chi connectivity index (χ3v) is 11.4. The fourth-order valence-corrected chi connectivity index (χ4v) is 9.49. The van der Waals surface area contributed by atoms with Crippen LogP contribution in [0.2, 0.25) is 0 Å². The Bertz CT molecular complexity index is 1610. The van der Waals surface area contributed by atoms with Crippen LogP contribution in [0.5, 0.6) is 0 Å². The first-order chi connectivity index (χ1) is 18.7. The molecule has 7 rings (SSSR count). The molecule has 4 aromatic rings. The summed E-state index contributed by atoms with van der Waals surface area (Å²) >= 11 is 6.34. The summed E-state index contributed by atoms with van der Waals surface area (Å²) < 4.78 is 0. The number of rotatable bonds is 5. The Balaban J connectivity index is 1.16. The highest BCUT2D eigenvalue weighted by atomic mass is 32.2. The smallest absolute Gasteiger partial charge is 0.260 e. The second-order valence-electron chi connectivity index (χ2n) is 9.92. The number of thioether (sulfide) groups is 1. The first kappa shape index (κ1) is 24.5. The SMILES string of the molecule is O=C(CSc1nc2sc3c(c2c(=O)[nH]1)CCCC3)N1N=C2/C(=C\c3cccs3)CCC[C@H]2[C@H]1c1cccs1. The Hall–Kier alpha value is -2.53. The number of nitrogens with zero attached hydrogens (tertiary/aromatic N) is 3. The van der Waals surface area contributed by atoms with E-state index in [0.717, 1.165) is 54.5 Å². The average Bonchev–Trinajstić information content (AvgIpc) is 3.72.